The Morgan fingerprint density at radius 3 is 1.86 bits per heavy atom. The molecule has 208 valence electrons. The second-order valence-electron chi connectivity index (χ2n) is 13.3. The van der Waals surface area contributed by atoms with Crippen molar-refractivity contribution >= 4 is 11.8 Å². The van der Waals surface area contributed by atoms with Crippen LogP contribution in [0.25, 0.3) is 0 Å². The number of carbonyl (C=O) groups excluding carboxylic acids is 2. The van der Waals surface area contributed by atoms with Crippen molar-refractivity contribution in [2.75, 3.05) is 0 Å². The van der Waals surface area contributed by atoms with Crippen LogP contribution in [0, 0.1) is 5.92 Å². The summed E-state index contributed by atoms with van der Waals surface area (Å²) in [5.41, 5.74) is -0.446. The molecule has 5 nitrogen and oxygen atoms in total. The molecule has 0 aromatic heterocycles. The highest BCUT2D eigenvalue weighted by molar-refractivity contribution is 6.03. The van der Waals surface area contributed by atoms with Crippen LogP contribution in [-0.2, 0) is 14.4 Å². The number of nitrogens with zero attached hydrogens (tertiary/aromatic N) is 2. The van der Waals surface area contributed by atoms with Crippen molar-refractivity contribution in [3.63, 3.8) is 0 Å². The van der Waals surface area contributed by atoms with E-state index in [2.05, 4.69) is 39.7 Å². The lowest BCUT2D eigenvalue weighted by Crippen LogP contribution is -2.65. The summed E-state index contributed by atoms with van der Waals surface area (Å²) in [5, 5.41) is 2.22. The van der Waals surface area contributed by atoms with E-state index in [0.717, 1.165) is 38.5 Å². The smallest absolute Gasteiger partial charge is 0.233 e. The number of imide groups is 1. The lowest BCUT2D eigenvalue weighted by molar-refractivity contribution is -0.313. The zero-order chi connectivity index (χ0) is 26.2. The Kier molecular flexibility index (Phi) is 11.3. The lowest BCUT2D eigenvalue weighted by Gasteiger charge is -2.56. The van der Waals surface area contributed by atoms with Crippen LogP contribution in [0.1, 0.15) is 157 Å². The molecule has 5 heteroatoms. The van der Waals surface area contributed by atoms with Crippen LogP contribution in [-0.4, -0.2) is 45.0 Å². The number of hydrogen-bond acceptors (Lipinski definition) is 4. The molecule has 3 aliphatic rings. The van der Waals surface area contributed by atoms with E-state index in [1.54, 1.807) is 4.90 Å². The quantitative estimate of drug-likeness (QED) is 0.178. The summed E-state index contributed by atoms with van der Waals surface area (Å²) in [6.07, 6.45) is 22.2. The van der Waals surface area contributed by atoms with Gasteiger partial charge in [0.2, 0.25) is 11.8 Å². The van der Waals surface area contributed by atoms with Gasteiger partial charge in [0, 0.05) is 29.5 Å². The van der Waals surface area contributed by atoms with Gasteiger partial charge in [-0.15, -0.1) is 0 Å². The van der Waals surface area contributed by atoms with E-state index in [9.17, 15) is 9.59 Å². The number of piperidine rings is 1. The Labute approximate surface area is 222 Å². The molecular weight excluding hydrogens is 448 g/mol. The summed E-state index contributed by atoms with van der Waals surface area (Å²) < 4.78 is 0. The van der Waals surface area contributed by atoms with Gasteiger partial charge in [-0.25, -0.2) is 0 Å². The van der Waals surface area contributed by atoms with E-state index in [1.807, 2.05) is 0 Å². The van der Waals surface area contributed by atoms with Gasteiger partial charge in [-0.1, -0.05) is 90.4 Å². The molecule has 3 fully saturated rings. The average Bonchev–Trinajstić information content (AvgIpc) is 3.10. The van der Waals surface area contributed by atoms with Crippen molar-refractivity contribution in [3.8, 4) is 0 Å². The van der Waals surface area contributed by atoms with Crippen molar-refractivity contribution in [2.45, 2.75) is 180 Å². The van der Waals surface area contributed by atoms with Gasteiger partial charge in [-0.05, 0) is 59.8 Å². The standard InChI is InChI=1S/C31H56N2O3/c1-6-7-8-9-10-11-12-13-14-16-19-25-22-28(34)32(29(25)35)26-23-30(2,3)33(31(4,5)24-26)36-27-20-17-15-18-21-27/h25-27H,6-24H2,1-5H3. The first-order chi connectivity index (χ1) is 17.2. The Balaban J connectivity index is 1.45. The molecule has 1 saturated carbocycles. The number of rotatable bonds is 14. The maximum Gasteiger partial charge on any atom is 0.233 e. The first-order valence-electron chi connectivity index (χ1n) is 15.5. The molecule has 2 aliphatic heterocycles. The van der Waals surface area contributed by atoms with Gasteiger partial charge in [0.15, 0.2) is 0 Å². The highest BCUT2D eigenvalue weighted by Crippen LogP contribution is 2.43. The van der Waals surface area contributed by atoms with Gasteiger partial charge in [0.1, 0.15) is 0 Å². The minimum atomic E-state index is -0.223. The van der Waals surface area contributed by atoms with Crippen LogP contribution in [0.2, 0.25) is 0 Å². The predicted octanol–water partition coefficient (Wildman–Crippen LogP) is 7.96. The third-order valence-electron chi connectivity index (χ3n) is 8.92. The minimum absolute atomic E-state index is 0.0288. The first-order valence-corrected chi connectivity index (χ1v) is 15.5. The molecule has 1 unspecified atom stereocenters. The molecule has 0 spiro atoms. The van der Waals surface area contributed by atoms with Gasteiger partial charge < -0.3 is 0 Å². The van der Waals surface area contributed by atoms with Crippen molar-refractivity contribution in [1.29, 1.82) is 0 Å². The summed E-state index contributed by atoms with van der Waals surface area (Å²) in [7, 11) is 0. The SMILES string of the molecule is CCCCCCCCCCCCC1CC(=O)N(C2CC(C)(C)N(OC3CCCCC3)C(C)(C)C2)C1=O. The summed E-state index contributed by atoms with van der Waals surface area (Å²) in [6, 6.07) is -0.0288. The molecule has 3 rings (SSSR count). The van der Waals surface area contributed by atoms with Crippen LogP contribution < -0.4 is 0 Å². The normalized spacial score (nSPS) is 25.7. The fraction of sp³-hybridized carbons (Fsp3) is 0.935. The predicted molar refractivity (Wildman–Crippen MR) is 147 cm³/mol. The molecule has 0 radical (unpaired) electrons. The minimum Gasteiger partial charge on any atom is -0.295 e. The molecule has 0 aromatic rings. The molecule has 0 N–H and O–H groups in total. The Morgan fingerprint density at radius 2 is 1.31 bits per heavy atom. The number of hydrogen-bond donors (Lipinski definition) is 0. The number of unbranched alkanes of at least 4 members (excludes halogenated alkanes) is 9. The van der Waals surface area contributed by atoms with Crippen LogP contribution >= 0.6 is 0 Å². The molecule has 0 bridgehead atoms. The lowest BCUT2D eigenvalue weighted by atomic mass is 9.78. The van der Waals surface area contributed by atoms with E-state index in [1.165, 1.54) is 77.0 Å². The molecule has 36 heavy (non-hydrogen) atoms. The van der Waals surface area contributed by atoms with Crippen LogP contribution in [0.15, 0.2) is 0 Å². The third-order valence-corrected chi connectivity index (χ3v) is 8.92. The monoisotopic (exact) mass is 504 g/mol. The molecule has 1 aliphatic carbocycles. The second kappa shape index (κ2) is 13.7. The molecular formula is C31H56N2O3. The van der Waals surface area contributed by atoms with Gasteiger partial charge in [0.25, 0.3) is 0 Å². The van der Waals surface area contributed by atoms with Crippen molar-refractivity contribution in [2.24, 2.45) is 5.92 Å². The maximum atomic E-state index is 13.4. The number of carbonyl (C=O) groups is 2. The van der Waals surface area contributed by atoms with Crippen molar-refractivity contribution in [1.82, 2.24) is 9.96 Å². The Bertz CT molecular complexity index is 680. The molecule has 2 saturated heterocycles. The zero-order valence-electron chi connectivity index (χ0n) is 24.3. The summed E-state index contributed by atoms with van der Waals surface area (Å²) >= 11 is 0. The van der Waals surface area contributed by atoms with Crippen LogP contribution in [0.4, 0.5) is 0 Å². The summed E-state index contributed by atoms with van der Waals surface area (Å²) in [4.78, 5) is 34.7. The van der Waals surface area contributed by atoms with Gasteiger partial charge in [-0.3, -0.25) is 19.3 Å². The molecule has 1 atom stereocenters. The Morgan fingerprint density at radius 1 is 0.778 bits per heavy atom. The number of amides is 2. The highest BCUT2D eigenvalue weighted by atomic mass is 16.7. The zero-order valence-corrected chi connectivity index (χ0v) is 24.3. The highest BCUT2D eigenvalue weighted by Gasteiger charge is 2.52. The fourth-order valence-electron chi connectivity index (χ4n) is 7.20. The van der Waals surface area contributed by atoms with E-state index >= 15 is 0 Å². The van der Waals surface area contributed by atoms with E-state index in [-0.39, 0.29) is 34.9 Å². The van der Waals surface area contributed by atoms with E-state index in [0.29, 0.717) is 12.5 Å². The molecule has 2 heterocycles. The average molecular weight is 505 g/mol. The number of likely N-dealkylation sites (tertiary alicyclic amines) is 1. The summed E-state index contributed by atoms with van der Waals surface area (Å²) in [5.74, 6) is 0.0405. The van der Waals surface area contributed by atoms with Gasteiger partial charge in [-0.2, -0.15) is 5.06 Å². The van der Waals surface area contributed by atoms with Crippen LogP contribution in [0.3, 0.4) is 0 Å². The summed E-state index contributed by atoms with van der Waals surface area (Å²) in [6.45, 7) is 11.1. The van der Waals surface area contributed by atoms with E-state index in [4.69, 9.17) is 4.84 Å². The largest absolute Gasteiger partial charge is 0.295 e. The van der Waals surface area contributed by atoms with Crippen LogP contribution in [0.5, 0.6) is 0 Å². The van der Waals surface area contributed by atoms with Gasteiger partial charge in [0.05, 0.1) is 6.10 Å². The van der Waals surface area contributed by atoms with Crippen molar-refractivity contribution in [3.05, 3.63) is 0 Å². The van der Waals surface area contributed by atoms with Gasteiger partial charge >= 0.3 is 0 Å². The third kappa shape index (κ3) is 8.03. The maximum absolute atomic E-state index is 13.4. The first kappa shape index (κ1) is 29.6. The molecule has 2 amide bonds. The fourth-order valence-corrected chi connectivity index (χ4v) is 7.20. The second-order valence-corrected chi connectivity index (χ2v) is 13.3. The number of hydroxylamine groups is 2. The van der Waals surface area contributed by atoms with Crippen molar-refractivity contribution < 1.29 is 14.4 Å². The topological polar surface area (TPSA) is 49.9 Å². The molecule has 0 aromatic carbocycles. The van der Waals surface area contributed by atoms with E-state index < -0.39 is 0 Å². The Hall–Kier alpha value is -0.940.